The minimum atomic E-state index is -0.206. The van der Waals surface area contributed by atoms with Crippen molar-refractivity contribution >= 4 is 5.97 Å². The maximum atomic E-state index is 11.3. The van der Waals surface area contributed by atoms with Crippen LogP contribution in [0.25, 0.3) is 0 Å². The summed E-state index contributed by atoms with van der Waals surface area (Å²) in [6, 6.07) is 0. The third kappa shape index (κ3) is 3.24. The van der Waals surface area contributed by atoms with Crippen molar-refractivity contribution in [3.8, 4) is 0 Å². The molecular weight excluding hydrogens is 188 g/mol. The van der Waals surface area contributed by atoms with E-state index in [9.17, 15) is 4.79 Å². The highest BCUT2D eigenvalue weighted by atomic mass is 16.5. The zero-order chi connectivity index (χ0) is 11.1. The van der Waals surface area contributed by atoms with E-state index >= 15 is 0 Å². The quantitative estimate of drug-likeness (QED) is 0.520. The van der Waals surface area contributed by atoms with Crippen molar-refractivity contribution in [2.24, 2.45) is 0 Å². The smallest absolute Gasteiger partial charge is 0.338 e. The van der Waals surface area contributed by atoms with Crippen LogP contribution in [-0.2, 0) is 9.53 Å². The molecule has 0 N–H and O–H groups in total. The molecule has 0 radical (unpaired) electrons. The summed E-state index contributed by atoms with van der Waals surface area (Å²) in [5, 5.41) is 0. The van der Waals surface area contributed by atoms with Gasteiger partial charge in [-0.25, -0.2) is 4.79 Å². The van der Waals surface area contributed by atoms with Crippen LogP contribution in [-0.4, -0.2) is 12.6 Å². The molecule has 0 aromatic carbocycles. The van der Waals surface area contributed by atoms with Gasteiger partial charge in [0.15, 0.2) is 0 Å². The number of cyclic esters (lactones) is 1. The summed E-state index contributed by atoms with van der Waals surface area (Å²) in [6.45, 7) is 4.29. The van der Waals surface area contributed by atoms with Gasteiger partial charge in [0.05, 0.1) is 5.57 Å². The minimum absolute atomic E-state index is 0.206. The van der Waals surface area contributed by atoms with Gasteiger partial charge >= 0.3 is 5.97 Å². The Hall–Kier alpha value is -1.57. The van der Waals surface area contributed by atoms with Gasteiger partial charge in [-0.1, -0.05) is 36.5 Å². The van der Waals surface area contributed by atoms with Gasteiger partial charge in [-0.3, -0.25) is 0 Å². The van der Waals surface area contributed by atoms with Crippen LogP contribution in [0, 0.1) is 0 Å². The van der Waals surface area contributed by atoms with Crippen molar-refractivity contribution in [3.63, 3.8) is 0 Å². The van der Waals surface area contributed by atoms with Crippen molar-refractivity contribution in [1.82, 2.24) is 0 Å². The molecule has 0 saturated carbocycles. The largest absolute Gasteiger partial charge is 0.458 e. The molecule has 0 aromatic heterocycles. The van der Waals surface area contributed by atoms with Gasteiger partial charge in [-0.15, -0.1) is 0 Å². The normalized spacial score (nSPS) is 17.6. The number of esters is 1. The fourth-order valence-corrected chi connectivity index (χ4v) is 1.37. The number of hydrogen-bond donors (Lipinski definition) is 0. The fourth-order valence-electron chi connectivity index (χ4n) is 1.37. The van der Waals surface area contributed by atoms with Crippen molar-refractivity contribution < 1.29 is 9.53 Å². The van der Waals surface area contributed by atoms with Crippen LogP contribution in [0.15, 0.2) is 47.6 Å². The minimum Gasteiger partial charge on any atom is -0.458 e. The number of hydrogen-bond acceptors (Lipinski definition) is 2. The average Bonchev–Trinajstić information content (AvgIpc) is 2.57. The standard InChI is InChI=1S/C13H16O2/c1-3-5-6-7-9-11-10-15-13(14)12(11)8-4-2/h3-8H,9-10H2,1-2H3/b5-3+,7-6+,8-4+. The third-order valence-corrected chi connectivity index (χ3v) is 2.12. The lowest BCUT2D eigenvalue weighted by Crippen LogP contribution is -1.96. The van der Waals surface area contributed by atoms with Gasteiger partial charge in [0, 0.05) is 0 Å². The Morgan fingerprint density at radius 2 is 2.07 bits per heavy atom. The highest BCUT2D eigenvalue weighted by molar-refractivity contribution is 5.94. The van der Waals surface area contributed by atoms with Crippen LogP contribution in [0.4, 0.5) is 0 Å². The molecule has 0 amide bonds. The van der Waals surface area contributed by atoms with Crippen molar-refractivity contribution in [2.45, 2.75) is 20.3 Å². The first-order valence-electron chi connectivity index (χ1n) is 5.09. The van der Waals surface area contributed by atoms with Gasteiger partial charge in [0.1, 0.15) is 6.61 Å². The maximum absolute atomic E-state index is 11.3. The summed E-state index contributed by atoms with van der Waals surface area (Å²) in [4.78, 5) is 11.3. The molecule has 0 spiro atoms. The second-order valence-electron chi connectivity index (χ2n) is 3.25. The highest BCUT2D eigenvalue weighted by Gasteiger charge is 2.20. The van der Waals surface area contributed by atoms with Gasteiger partial charge in [-0.2, -0.15) is 0 Å². The molecular formula is C13H16O2. The number of carbonyl (C=O) groups is 1. The third-order valence-electron chi connectivity index (χ3n) is 2.12. The molecule has 80 valence electrons. The Morgan fingerprint density at radius 3 is 2.73 bits per heavy atom. The average molecular weight is 204 g/mol. The summed E-state index contributed by atoms with van der Waals surface area (Å²) < 4.78 is 4.97. The van der Waals surface area contributed by atoms with E-state index in [0.717, 1.165) is 12.0 Å². The Morgan fingerprint density at radius 1 is 1.27 bits per heavy atom. The first-order chi connectivity index (χ1) is 7.29. The van der Waals surface area contributed by atoms with E-state index in [-0.39, 0.29) is 5.97 Å². The maximum Gasteiger partial charge on any atom is 0.338 e. The summed E-state index contributed by atoms with van der Waals surface area (Å²) in [5.41, 5.74) is 1.77. The van der Waals surface area contributed by atoms with Gasteiger partial charge in [0.25, 0.3) is 0 Å². The summed E-state index contributed by atoms with van der Waals surface area (Å²) in [5.74, 6) is -0.206. The predicted octanol–water partition coefficient (Wildman–Crippen LogP) is 2.94. The molecule has 15 heavy (non-hydrogen) atoms. The van der Waals surface area contributed by atoms with Crippen molar-refractivity contribution in [3.05, 3.63) is 47.6 Å². The summed E-state index contributed by atoms with van der Waals surface area (Å²) in [7, 11) is 0. The molecule has 1 rings (SSSR count). The molecule has 0 atom stereocenters. The number of carbonyl (C=O) groups excluding carboxylic acids is 1. The Balaban J connectivity index is 2.69. The lowest BCUT2D eigenvalue weighted by Gasteiger charge is -1.93. The van der Waals surface area contributed by atoms with Crippen LogP contribution in [0.2, 0.25) is 0 Å². The monoisotopic (exact) mass is 204 g/mol. The Kier molecular flexibility index (Phi) is 4.61. The lowest BCUT2D eigenvalue weighted by molar-refractivity contribution is -0.135. The molecule has 0 fully saturated rings. The lowest BCUT2D eigenvalue weighted by atomic mass is 10.1. The Bertz CT molecular complexity index is 344. The summed E-state index contributed by atoms with van der Waals surface area (Å²) in [6.07, 6.45) is 12.4. The molecule has 0 aliphatic carbocycles. The van der Waals surface area contributed by atoms with Crippen LogP contribution < -0.4 is 0 Å². The zero-order valence-electron chi connectivity index (χ0n) is 9.19. The van der Waals surface area contributed by atoms with Crippen LogP contribution in [0.5, 0.6) is 0 Å². The predicted molar refractivity (Wildman–Crippen MR) is 61.4 cm³/mol. The second-order valence-corrected chi connectivity index (χ2v) is 3.25. The van der Waals surface area contributed by atoms with E-state index < -0.39 is 0 Å². The van der Waals surface area contributed by atoms with Crippen LogP contribution in [0.3, 0.4) is 0 Å². The van der Waals surface area contributed by atoms with E-state index in [4.69, 9.17) is 4.74 Å². The molecule has 1 heterocycles. The zero-order valence-corrected chi connectivity index (χ0v) is 9.19. The first kappa shape index (κ1) is 11.5. The molecule has 0 bridgehead atoms. The molecule has 0 aromatic rings. The van der Waals surface area contributed by atoms with Crippen molar-refractivity contribution in [2.75, 3.05) is 6.61 Å². The molecule has 2 nitrogen and oxygen atoms in total. The second kappa shape index (κ2) is 6.02. The van der Waals surface area contributed by atoms with E-state index in [2.05, 4.69) is 0 Å². The first-order valence-corrected chi connectivity index (χ1v) is 5.09. The fraction of sp³-hybridized carbons (Fsp3) is 0.308. The van der Waals surface area contributed by atoms with Crippen molar-refractivity contribution in [1.29, 1.82) is 0 Å². The van der Waals surface area contributed by atoms with E-state index in [0.29, 0.717) is 12.2 Å². The number of allylic oxidation sites excluding steroid dienone is 5. The molecule has 1 aliphatic rings. The molecule has 2 heteroatoms. The van der Waals surface area contributed by atoms with Crippen LogP contribution >= 0.6 is 0 Å². The Labute approximate surface area is 90.6 Å². The number of ether oxygens (including phenoxy) is 1. The van der Waals surface area contributed by atoms with E-state index in [1.165, 1.54) is 0 Å². The molecule has 1 aliphatic heterocycles. The molecule has 0 unspecified atom stereocenters. The summed E-state index contributed by atoms with van der Waals surface area (Å²) >= 11 is 0. The topological polar surface area (TPSA) is 26.3 Å². The van der Waals surface area contributed by atoms with E-state index in [1.807, 2.05) is 50.3 Å². The van der Waals surface area contributed by atoms with Gasteiger partial charge < -0.3 is 4.74 Å². The highest BCUT2D eigenvalue weighted by Crippen LogP contribution is 2.20. The number of rotatable bonds is 4. The molecule has 0 saturated heterocycles. The van der Waals surface area contributed by atoms with Gasteiger partial charge in [-0.05, 0) is 25.8 Å². The van der Waals surface area contributed by atoms with Gasteiger partial charge in [0.2, 0.25) is 0 Å². The SMILES string of the molecule is C/C=C/C=C/CC1=C(/C=C/C)C(=O)OC1. The van der Waals surface area contributed by atoms with Crippen LogP contribution in [0.1, 0.15) is 20.3 Å². The van der Waals surface area contributed by atoms with E-state index in [1.54, 1.807) is 0 Å².